The molecule has 1 atom stereocenters. The fourth-order valence-electron chi connectivity index (χ4n) is 3.77. The van der Waals surface area contributed by atoms with Gasteiger partial charge in [-0.25, -0.2) is 4.98 Å². The van der Waals surface area contributed by atoms with Crippen LogP contribution in [0.2, 0.25) is 0 Å². The van der Waals surface area contributed by atoms with E-state index in [1.807, 2.05) is 12.1 Å². The van der Waals surface area contributed by atoms with Crippen LogP contribution in [0.25, 0.3) is 0 Å². The third-order valence-corrected chi connectivity index (χ3v) is 5.13. The number of nitrogen functional groups attached to an aromatic ring is 1. The van der Waals surface area contributed by atoms with Crippen LogP contribution in [0.15, 0.2) is 18.3 Å². The monoisotopic (exact) mass is 304 g/mol. The molecule has 2 aliphatic rings. The molecule has 0 radical (unpaired) electrons. The van der Waals surface area contributed by atoms with Crippen molar-refractivity contribution in [3.8, 4) is 0 Å². The van der Waals surface area contributed by atoms with Gasteiger partial charge in [0.15, 0.2) is 0 Å². The van der Waals surface area contributed by atoms with Crippen molar-refractivity contribution in [3.63, 3.8) is 0 Å². The summed E-state index contributed by atoms with van der Waals surface area (Å²) in [5.41, 5.74) is 6.14. The number of amides is 1. The quantitative estimate of drug-likeness (QED) is 0.828. The molecule has 3 heterocycles. The molecule has 1 amide bonds. The van der Waals surface area contributed by atoms with Gasteiger partial charge in [-0.15, -0.1) is 0 Å². The lowest BCUT2D eigenvalue weighted by atomic mass is 9.77. The van der Waals surface area contributed by atoms with Gasteiger partial charge in [-0.2, -0.15) is 0 Å². The Morgan fingerprint density at radius 3 is 2.73 bits per heavy atom. The summed E-state index contributed by atoms with van der Waals surface area (Å²) >= 11 is 0. The zero-order valence-corrected chi connectivity index (χ0v) is 12.5. The van der Waals surface area contributed by atoms with E-state index in [0.29, 0.717) is 31.7 Å². The van der Waals surface area contributed by atoms with E-state index in [9.17, 15) is 14.7 Å². The zero-order chi connectivity index (χ0) is 15.9. The lowest BCUT2D eigenvalue weighted by Gasteiger charge is -2.46. The fraction of sp³-hybridized carbons (Fsp3) is 0.533. The molecule has 1 spiro atoms. The number of nitrogens with two attached hydrogens (primary N) is 1. The summed E-state index contributed by atoms with van der Waals surface area (Å²) in [4.78, 5) is 31.3. The van der Waals surface area contributed by atoms with E-state index >= 15 is 0 Å². The van der Waals surface area contributed by atoms with Crippen molar-refractivity contribution in [2.75, 3.05) is 30.8 Å². The van der Waals surface area contributed by atoms with Gasteiger partial charge in [-0.05, 0) is 18.9 Å². The molecule has 7 heteroatoms. The molecule has 0 bridgehead atoms. The number of aromatic nitrogens is 1. The van der Waals surface area contributed by atoms with Crippen LogP contribution in [0.3, 0.4) is 0 Å². The molecule has 0 aliphatic carbocycles. The minimum absolute atomic E-state index is 0.0750. The molecule has 1 aromatic heterocycles. The van der Waals surface area contributed by atoms with E-state index < -0.39 is 17.4 Å². The molecule has 2 fully saturated rings. The fourth-order valence-corrected chi connectivity index (χ4v) is 3.77. The number of hydrogen-bond acceptors (Lipinski definition) is 5. The molecule has 7 nitrogen and oxygen atoms in total. The lowest BCUT2D eigenvalue weighted by molar-refractivity contribution is -0.145. The number of carboxylic acids is 1. The Morgan fingerprint density at radius 1 is 1.45 bits per heavy atom. The normalized spacial score (nSPS) is 24.0. The smallest absolute Gasteiger partial charge is 0.309 e. The van der Waals surface area contributed by atoms with Crippen molar-refractivity contribution in [3.05, 3.63) is 18.3 Å². The highest BCUT2D eigenvalue weighted by atomic mass is 16.4. The van der Waals surface area contributed by atoms with E-state index in [0.717, 1.165) is 5.69 Å². The molecule has 3 rings (SSSR count). The van der Waals surface area contributed by atoms with Crippen LogP contribution in [0.5, 0.6) is 0 Å². The van der Waals surface area contributed by atoms with Crippen molar-refractivity contribution in [1.29, 1.82) is 0 Å². The van der Waals surface area contributed by atoms with Gasteiger partial charge in [0.1, 0.15) is 5.82 Å². The Morgan fingerprint density at radius 2 is 2.14 bits per heavy atom. The molecule has 0 aromatic carbocycles. The van der Waals surface area contributed by atoms with Gasteiger partial charge in [0.05, 0.1) is 11.5 Å². The predicted molar refractivity (Wildman–Crippen MR) is 81.3 cm³/mol. The first kappa shape index (κ1) is 14.6. The Hall–Kier alpha value is -2.31. The second-order valence-corrected chi connectivity index (χ2v) is 6.08. The number of nitrogens with zero attached hydrogens (tertiary/aromatic N) is 3. The van der Waals surface area contributed by atoms with E-state index in [1.165, 1.54) is 0 Å². The molecule has 1 unspecified atom stereocenters. The number of piperidine rings is 1. The van der Waals surface area contributed by atoms with Crippen LogP contribution < -0.4 is 10.6 Å². The van der Waals surface area contributed by atoms with E-state index in [1.54, 1.807) is 18.1 Å². The number of anilines is 2. The number of rotatable bonds is 2. The largest absolute Gasteiger partial charge is 0.481 e. The molecule has 1 aromatic rings. The first-order valence-electron chi connectivity index (χ1n) is 7.40. The van der Waals surface area contributed by atoms with Crippen molar-refractivity contribution in [2.24, 2.45) is 5.92 Å². The molecular weight excluding hydrogens is 284 g/mol. The Balaban J connectivity index is 1.80. The van der Waals surface area contributed by atoms with Gasteiger partial charge in [-0.1, -0.05) is 0 Å². The molecule has 118 valence electrons. The summed E-state index contributed by atoms with van der Waals surface area (Å²) in [6, 6.07) is 3.71. The van der Waals surface area contributed by atoms with Gasteiger partial charge in [0, 0.05) is 44.5 Å². The lowest BCUT2D eigenvalue weighted by Crippen LogP contribution is -2.56. The molecule has 0 saturated carbocycles. The Kier molecular flexibility index (Phi) is 3.42. The standard InChI is InChI=1S/C15H20N4O3/c1-18-13(20)9-11(14(21)22)15(18)3-6-19(7-4-15)10-2-5-17-12(16)8-10/h2,5,8,11H,3-4,6-7,9H2,1H3,(H2,16,17)(H,21,22). The average molecular weight is 304 g/mol. The first-order chi connectivity index (χ1) is 10.4. The van der Waals surface area contributed by atoms with Gasteiger partial charge in [-0.3, -0.25) is 9.59 Å². The molecule has 22 heavy (non-hydrogen) atoms. The highest BCUT2D eigenvalue weighted by Gasteiger charge is 2.55. The predicted octanol–water partition coefficient (Wildman–Crippen LogP) is 0.566. The summed E-state index contributed by atoms with van der Waals surface area (Å²) in [7, 11) is 1.73. The number of carbonyl (C=O) groups excluding carboxylic acids is 1. The van der Waals surface area contributed by atoms with Gasteiger partial charge in [0.25, 0.3) is 0 Å². The number of hydrogen-bond donors (Lipinski definition) is 2. The van der Waals surface area contributed by atoms with E-state index in [4.69, 9.17) is 5.73 Å². The maximum absolute atomic E-state index is 12.0. The molecule has 2 saturated heterocycles. The molecular formula is C15H20N4O3. The van der Waals surface area contributed by atoms with Crippen molar-refractivity contribution >= 4 is 23.4 Å². The number of carbonyl (C=O) groups is 2. The molecule has 3 N–H and O–H groups in total. The topological polar surface area (TPSA) is 99.8 Å². The Bertz CT molecular complexity index is 611. The summed E-state index contributed by atoms with van der Waals surface area (Å²) in [5.74, 6) is -1.10. The van der Waals surface area contributed by atoms with Crippen LogP contribution in [-0.2, 0) is 9.59 Å². The van der Waals surface area contributed by atoms with E-state index in [-0.39, 0.29) is 12.3 Å². The zero-order valence-electron chi connectivity index (χ0n) is 12.5. The summed E-state index contributed by atoms with van der Waals surface area (Å²) in [5, 5.41) is 9.47. The summed E-state index contributed by atoms with van der Waals surface area (Å²) in [6.45, 7) is 1.40. The van der Waals surface area contributed by atoms with Crippen LogP contribution in [0.4, 0.5) is 11.5 Å². The second-order valence-electron chi connectivity index (χ2n) is 6.08. The number of aliphatic carboxylic acids is 1. The van der Waals surface area contributed by atoms with Crippen LogP contribution in [0.1, 0.15) is 19.3 Å². The summed E-state index contributed by atoms with van der Waals surface area (Å²) < 4.78 is 0. The van der Waals surface area contributed by atoms with Gasteiger partial charge in [0.2, 0.25) is 5.91 Å². The van der Waals surface area contributed by atoms with E-state index in [2.05, 4.69) is 9.88 Å². The minimum Gasteiger partial charge on any atom is -0.481 e. The number of likely N-dealkylation sites (tertiary alicyclic amines) is 1. The maximum Gasteiger partial charge on any atom is 0.309 e. The van der Waals surface area contributed by atoms with Gasteiger partial charge >= 0.3 is 5.97 Å². The highest BCUT2D eigenvalue weighted by Crippen LogP contribution is 2.43. The second kappa shape index (κ2) is 5.15. The Labute approximate surface area is 128 Å². The average Bonchev–Trinajstić information content (AvgIpc) is 2.74. The number of carboxylic acid groups (broad SMARTS) is 1. The van der Waals surface area contributed by atoms with Crippen molar-refractivity contribution in [1.82, 2.24) is 9.88 Å². The van der Waals surface area contributed by atoms with Crippen LogP contribution >= 0.6 is 0 Å². The molecule has 2 aliphatic heterocycles. The minimum atomic E-state index is -0.876. The van der Waals surface area contributed by atoms with Crippen LogP contribution in [-0.4, -0.2) is 52.5 Å². The van der Waals surface area contributed by atoms with Crippen molar-refractivity contribution < 1.29 is 14.7 Å². The third-order valence-electron chi connectivity index (χ3n) is 5.13. The SMILES string of the molecule is CN1C(=O)CC(C(=O)O)C12CCN(c1ccnc(N)c1)CC2. The highest BCUT2D eigenvalue weighted by molar-refractivity contribution is 5.88. The van der Waals surface area contributed by atoms with Gasteiger partial charge < -0.3 is 20.6 Å². The van der Waals surface area contributed by atoms with Crippen LogP contribution in [0, 0.1) is 5.92 Å². The third kappa shape index (κ3) is 2.17. The first-order valence-corrected chi connectivity index (χ1v) is 7.40. The maximum atomic E-state index is 12.0. The summed E-state index contributed by atoms with van der Waals surface area (Å²) in [6.07, 6.45) is 3.07. The van der Waals surface area contributed by atoms with Crippen molar-refractivity contribution in [2.45, 2.75) is 24.8 Å². The number of pyridine rings is 1.